The standard InChI is InChI=1S/C9H17N5/c1-6-4-3-5-11-7(6)8-12-9(10)14(2)13-8/h6-7,11H,3-5H2,1-2H3,(H2,10,12,13). The van der Waals surface area contributed by atoms with Gasteiger partial charge in [0, 0.05) is 7.05 Å². The highest BCUT2D eigenvalue weighted by atomic mass is 15.4. The monoisotopic (exact) mass is 195 g/mol. The van der Waals surface area contributed by atoms with Crippen LogP contribution in [0.2, 0.25) is 0 Å². The molecule has 0 aromatic carbocycles. The fraction of sp³-hybridized carbons (Fsp3) is 0.778. The SMILES string of the molecule is CC1CCCNC1c1nc(N)n(C)n1. The van der Waals surface area contributed by atoms with Crippen LogP contribution in [0.4, 0.5) is 5.95 Å². The van der Waals surface area contributed by atoms with Crippen LogP contribution in [0.15, 0.2) is 0 Å². The van der Waals surface area contributed by atoms with Gasteiger partial charge in [0.15, 0.2) is 5.82 Å². The van der Waals surface area contributed by atoms with Crippen LogP contribution in [0, 0.1) is 5.92 Å². The van der Waals surface area contributed by atoms with Crippen molar-refractivity contribution in [3.05, 3.63) is 5.82 Å². The average Bonchev–Trinajstić information content (AvgIpc) is 2.48. The molecule has 2 heterocycles. The number of piperidine rings is 1. The lowest BCUT2D eigenvalue weighted by atomic mass is 9.92. The van der Waals surface area contributed by atoms with E-state index in [2.05, 4.69) is 22.3 Å². The molecule has 2 atom stereocenters. The van der Waals surface area contributed by atoms with Crippen molar-refractivity contribution in [2.45, 2.75) is 25.8 Å². The zero-order valence-corrected chi connectivity index (χ0v) is 8.70. The van der Waals surface area contributed by atoms with E-state index in [1.807, 2.05) is 7.05 Å². The van der Waals surface area contributed by atoms with Gasteiger partial charge in [-0.15, -0.1) is 0 Å². The second-order valence-corrected chi connectivity index (χ2v) is 4.00. The second kappa shape index (κ2) is 3.57. The van der Waals surface area contributed by atoms with Crippen molar-refractivity contribution >= 4 is 5.95 Å². The first-order valence-corrected chi connectivity index (χ1v) is 5.08. The molecule has 1 aliphatic rings. The molecule has 0 spiro atoms. The summed E-state index contributed by atoms with van der Waals surface area (Å²) in [6.07, 6.45) is 2.47. The van der Waals surface area contributed by atoms with E-state index in [0.29, 0.717) is 11.9 Å². The minimum atomic E-state index is 0.271. The van der Waals surface area contributed by atoms with Crippen molar-refractivity contribution in [2.24, 2.45) is 13.0 Å². The van der Waals surface area contributed by atoms with Crippen LogP contribution < -0.4 is 11.1 Å². The van der Waals surface area contributed by atoms with Crippen LogP contribution in [-0.2, 0) is 7.05 Å². The molecule has 0 aliphatic carbocycles. The number of aromatic nitrogens is 3. The summed E-state index contributed by atoms with van der Waals surface area (Å²) in [5, 5.41) is 7.73. The Morgan fingerprint density at radius 3 is 2.93 bits per heavy atom. The van der Waals surface area contributed by atoms with Gasteiger partial charge in [0.1, 0.15) is 0 Å². The van der Waals surface area contributed by atoms with Crippen LogP contribution in [0.25, 0.3) is 0 Å². The Hall–Kier alpha value is -1.10. The van der Waals surface area contributed by atoms with Crippen molar-refractivity contribution in [1.82, 2.24) is 20.1 Å². The molecule has 0 amide bonds. The summed E-state index contributed by atoms with van der Waals surface area (Å²) in [5.41, 5.74) is 5.65. The minimum absolute atomic E-state index is 0.271. The van der Waals surface area contributed by atoms with Crippen molar-refractivity contribution < 1.29 is 0 Å². The maximum Gasteiger partial charge on any atom is 0.218 e. The molecule has 0 saturated carbocycles. The molecule has 0 bridgehead atoms. The number of nitrogens with zero attached hydrogens (tertiary/aromatic N) is 3. The van der Waals surface area contributed by atoms with E-state index >= 15 is 0 Å². The maximum atomic E-state index is 5.65. The van der Waals surface area contributed by atoms with E-state index in [-0.39, 0.29) is 6.04 Å². The van der Waals surface area contributed by atoms with Crippen LogP contribution >= 0.6 is 0 Å². The number of nitrogen functional groups attached to an aromatic ring is 1. The number of nitrogens with two attached hydrogens (primary N) is 1. The van der Waals surface area contributed by atoms with Crippen LogP contribution in [0.3, 0.4) is 0 Å². The highest BCUT2D eigenvalue weighted by Gasteiger charge is 2.26. The van der Waals surface area contributed by atoms with E-state index in [0.717, 1.165) is 12.4 Å². The van der Waals surface area contributed by atoms with Gasteiger partial charge >= 0.3 is 0 Å². The van der Waals surface area contributed by atoms with E-state index < -0.39 is 0 Å². The summed E-state index contributed by atoms with van der Waals surface area (Å²) < 4.78 is 1.62. The zero-order valence-electron chi connectivity index (χ0n) is 8.70. The number of rotatable bonds is 1. The van der Waals surface area contributed by atoms with Crippen molar-refractivity contribution in [1.29, 1.82) is 0 Å². The first kappa shape index (κ1) is 9.45. The number of hydrogen-bond donors (Lipinski definition) is 2. The number of anilines is 1. The summed E-state index contributed by atoms with van der Waals surface area (Å²) in [7, 11) is 1.82. The molecule has 1 aliphatic heterocycles. The summed E-state index contributed by atoms with van der Waals surface area (Å²) in [6.45, 7) is 3.27. The molecule has 1 fully saturated rings. The van der Waals surface area contributed by atoms with Gasteiger partial charge in [-0.1, -0.05) is 6.92 Å². The van der Waals surface area contributed by atoms with Gasteiger partial charge < -0.3 is 11.1 Å². The second-order valence-electron chi connectivity index (χ2n) is 4.00. The number of aryl methyl sites for hydroxylation is 1. The third kappa shape index (κ3) is 1.59. The molecule has 5 heteroatoms. The zero-order chi connectivity index (χ0) is 10.1. The predicted octanol–water partition coefficient (Wildman–Crippen LogP) is 0.458. The molecular formula is C9H17N5. The lowest BCUT2D eigenvalue weighted by molar-refractivity contribution is 0.294. The Morgan fingerprint density at radius 2 is 2.36 bits per heavy atom. The molecule has 2 rings (SSSR count). The normalized spacial score (nSPS) is 27.9. The van der Waals surface area contributed by atoms with Crippen molar-refractivity contribution in [3.63, 3.8) is 0 Å². The van der Waals surface area contributed by atoms with E-state index in [4.69, 9.17) is 5.73 Å². The third-order valence-electron chi connectivity index (χ3n) is 2.86. The van der Waals surface area contributed by atoms with Crippen LogP contribution in [0.5, 0.6) is 0 Å². The van der Waals surface area contributed by atoms with Crippen molar-refractivity contribution in [3.8, 4) is 0 Å². The van der Waals surface area contributed by atoms with Gasteiger partial charge in [0.25, 0.3) is 0 Å². The molecule has 1 aromatic rings. The highest BCUT2D eigenvalue weighted by Crippen LogP contribution is 2.26. The first-order chi connectivity index (χ1) is 6.68. The van der Waals surface area contributed by atoms with Gasteiger partial charge in [-0.2, -0.15) is 10.1 Å². The van der Waals surface area contributed by atoms with Gasteiger partial charge in [0.05, 0.1) is 6.04 Å². The van der Waals surface area contributed by atoms with E-state index in [1.54, 1.807) is 4.68 Å². The molecule has 3 N–H and O–H groups in total. The first-order valence-electron chi connectivity index (χ1n) is 5.08. The lowest BCUT2D eigenvalue weighted by Crippen LogP contribution is -2.33. The molecule has 1 saturated heterocycles. The van der Waals surface area contributed by atoms with Gasteiger partial charge in [-0.3, -0.25) is 0 Å². The fourth-order valence-electron chi connectivity index (χ4n) is 1.94. The lowest BCUT2D eigenvalue weighted by Gasteiger charge is -2.27. The minimum Gasteiger partial charge on any atom is -0.368 e. The van der Waals surface area contributed by atoms with Crippen LogP contribution in [0.1, 0.15) is 31.6 Å². The molecular weight excluding hydrogens is 178 g/mol. The van der Waals surface area contributed by atoms with Gasteiger partial charge in [-0.05, 0) is 25.3 Å². The Labute approximate surface area is 83.7 Å². The molecule has 0 radical (unpaired) electrons. The summed E-state index contributed by atoms with van der Waals surface area (Å²) in [5.74, 6) is 1.90. The Morgan fingerprint density at radius 1 is 1.57 bits per heavy atom. The van der Waals surface area contributed by atoms with Gasteiger partial charge in [0.2, 0.25) is 5.95 Å². The van der Waals surface area contributed by atoms with E-state index in [9.17, 15) is 0 Å². The Bertz CT molecular complexity index is 300. The summed E-state index contributed by atoms with van der Waals surface area (Å²) in [4.78, 5) is 4.25. The van der Waals surface area contributed by atoms with E-state index in [1.165, 1.54) is 12.8 Å². The number of hydrogen-bond acceptors (Lipinski definition) is 4. The predicted molar refractivity (Wildman–Crippen MR) is 54.6 cm³/mol. The Balaban J connectivity index is 2.20. The topological polar surface area (TPSA) is 68.8 Å². The molecule has 2 unspecified atom stereocenters. The van der Waals surface area contributed by atoms with Crippen molar-refractivity contribution in [2.75, 3.05) is 12.3 Å². The number of nitrogens with one attached hydrogen (secondary N) is 1. The molecule has 5 nitrogen and oxygen atoms in total. The largest absolute Gasteiger partial charge is 0.368 e. The fourth-order valence-corrected chi connectivity index (χ4v) is 1.94. The quantitative estimate of drug-likeness (QED) is 0.683. The average molecular weight is 195 g/mol. The van der Waals surface area contributed by atoms with Gasteiger partial charge in [-0.25, -0.2) is 4.68 Å². The third-order valence-corrected chi connectivity index (χ3v) is 2.86. The molecule has 78 valence electrons. The smallest absolute Gasteiger partial charge is 0.218 e. The molecule has 1 aromatic heterocycles. The Kier molecular flexibility index (Phi) is 2.41. The van der Waals surface area contributed by atoms with Crippen LogP contribution in [-0.4, -0.2) is 21.3 Å². The summed E-state index contributed by atoms with van der Waals surface area (Å²) >= 11 is 0. The highest BCUT2D eigenvalue weighted by molar-refractivity contribution is 5.17. The summed E-state index contributed by atoms with van der Waals surface area (Å²) in [6, 6.07) is 0.271. The maximum absolute atomic E-state index is 5.65. The molecule has 14 heavy (non-hydrogen) atoms.